The number of nitrogens with zero attached hydrogens (tertiary/aromatic N) is 4. The fourth-order valence-electron chi connectivity index (χ4n) is 1.88. The Balaban J connectivity index is 1.84. The molecule has 21 heavy (non-hydrogen) atoms. The number of hydrogen-bond acceptors (Lipinski definition) is 6. The van der Waals surface area contributed by atoms with E-state index in [2.05, 4.69) is 46.3 Å². The Morgan fingerprint density at radius 3 is 2.57 bits per heavy atom. The summed E-state index contributed by atoms with van der Waals surface area (Å²) in [6.07, 6.45) is 3.34. The van der Waals surface area contributed by atoms with Gasteiger partial charge in [-0.3, -0.25) is 9.97 Å². The number of hydrogen-bond donors (Lipinski definition) is 1. The van der Waals surface area contributed by atoms with E-state index in [0.29, 0.717) is 18.3 Å². The molecule has 0 aliphatic rings. The zero-order valence-corrected chi connectivity index (χ0v) is 12.3. The van der Waals surface area contributed by atoms with E-state index in [1.54, 1.807) is 12.4 Å². The van der Waals surface area contributed by atoms with Crippen LogP contribution in [0.15, 0.2) is 35.0 Å². The van der Waals surface area contributed by atoms with Crippen LogP contribution in [0.3, 0.4) is 0 Å². The Morgan fingerprint density at radius 2 is 1.81 bits per heavy atom. The van der Waals surface area contributed by atoms with Crippen LogP contribution in [0.1, 0.15) is 26.7 Å². The summed E-state index contributed by atoms with van der Waals surface area (Å²) >= 11 is 0. The maximum Gasteiger partial charge on any atom is 0.247 e. The molecule has 0 radical (unpaired) electrons. The average Bonchev–Trinajstić information content (AvgIpc) is 2.93. The van der Waals surface area contributed by atoms with Gasteiger partial charge in [-0.2, -0.15) is 0 Å². The molecule has 1 N–H and O–H groups in total. The molecular weight excluding hydrogens is 266 g/mol. The molecule has 0 aliphatic heterocycles. The first-order valence-corrected chi connectivity index (χ1v) is 6.80. The molecule has 3 aromatic rings. The first-order valence-electron chi connectivity index (χ1n) is 6.80. The predicted molar refractivity (Wildman–Crippen MR) is 79.4 cm³/mol. The largest absolute Gasteiger partial charge is 0.419 e. The number of fused-ring (bicyclic) bond motifs is 1. The van der Waals surface area contributed by atoms with Crippen LogP contribution in [0.25, 0.3) is 22.5 Å². The molecule has 0 saturated heterocycles. The van der Waals surface area contributed by atoms with Gasteiger partial charge in [0.05, 0.1) is 17.6 Å². The fourth-order valence-corrected chi connectivity index (χ4v) is 1.88. The summed E-state index contributed by atoms with van der Waals surface area (Å²) in [6.45, 7) is 6.81. The highest BCUT2D eigenvalue weighted by Crippen LogP contribution is 2.21. The Kier molecular flexibility index (Phi) is 3.39. The summed E-state index contributed by atoms with van der Waals surface area (Å²) < 4.78 is 5.68. The topological polar surface area (TPSA) is 76.7 Å². The van der Waals surface area contributed by atoms with Gasteiger partial charge >= 0.3 is 0 Å². The number of benzene rings is 1. The standard InChI is InChI=1S/C15H17N5O/c1-15(2,3)18-9-13-19-20-14(21-13)10-4-5-11-12(8-10)17-7-6-16-11/h4-8,18H,9H2,1-3H3. The molecule has 0 bridgehead atoms. The number of rotatable bonds is 3. The lowest BCUT2D eigenvalue weighted by Crippen LogP contribution is -2.35. The van der Waals surface area contributed by atoms with Crippen LogP contribution in [0.2, 0.25) is 0 Å². The van der Waals surface area contributed by atoms with Crippen LogP contribution < -0.4 is 5.32 Å². The molecule has 3 rings (SSSR count). The van der Waals surface area contributed by atoms with Crippen molar-refractivity contribution in [1.82, 2.24) is 25.5 Å². The van der Waals surface area contributed by atoms with Crippen molar-refractivity contribution in [3.8, 4) is 11.5 Å². The monoisotopic (exact) mass is 283 g/mol. The summed E-state index contributed by atoms with van der Waals surface area (Å²) in [4.78, 5) is 8.52. The molecule has 0 amide bonds. The molecule has 0 unspecified atom stereocenters. The average molecular weight is 283 g/mol. The second kappa shape index (κ2) is 5.21. The van der Waals surface area contributed by atoms with Gasteiger partial charge in [0, 0.05) is 23.5 Å². The van der Waals surface area contributed by atoms with Gasteiger partial charge in [-0.25, -0.2) is 0 Å². The Labute approximate surface area is 122 Å². The van der Waals surface area contributed by atoms with Gasteiger partial charge in [0.2, 0.25) is 11.8 Å². The Hall–Kier alpha value is -2.34. The normalized spacial score (nSPS) is 12.0. The summed E-state index contributed by atoms with van der Waals surface area (Å²) in [5.41, 5.74) is 2.50. The van der Waals surface area contributed by atoms with Crippen molar-refractivity contribution in [1.29, 1.82) is 0 Å². The molecule has 6 nitrogen and oxygen atoms in total. The van der Waals surface area contributed by atoms with Crippen molar-refractivity contribution in [2.75, 3.05) is 0 Å². The maximum absolute atomic E-state index is 5.68. The highest BCUT2D eigenvalue weighted by molar-refractivity contribution is 5.78. The van der Waals surface area contributed by atoms with Gasteiger partial charge < -0.3 is 9.73 Å². The van der Waals surface area contributed by atoms with Crippen molar-refractivity contribution in [3.05, 3.63) is 36.5 Å². The van der Waals surface area contributed by atoms with Crippen molar-refractivity contribution in [2.24, 2.45) is 0 Å². The van der Waals surface area contributed by atoms with Crippen molar-refractivity contribution >= 4 is 11.0 Å². The van der Waals surface area contributed by atoms with Crippen LogP contribution in [-0.2, 0) is 6.54 Å². The molecule has 0 aliphatic carbocycles. The molecule has 2 aromatic heterocycles. The van der Waals surface area contributed by atoms with Gasteiger partial charge in [-0.05, 0) is 39.0 Å². The zero-order chi connectivity index (χ0) is 14.9. The lowest BCUT2D eigenvalue weighted by Gasteiger charge is -2.18. The van der Waals surface area contributed by atoms with E-state index < -0.39 is 0 Å². The lowest BCUT2D eigenvalue weighted by atomic mass is 10.1. The summed E-state index contributed by atoms with van der Waals surface area (Å²) in [5, 5.41) is 11.5. The van der Waals surface area contributed by atoms with Crippen molar-refractivity contribution in [3.63, 3.8) is 0 Å². The summed E-state index contributed by atoms with van der Waals surface area (Å²) in [7, 11) is 0. The SMILES string of the molecule is CC(C)(C)NCc1nnc(-c2ccc3nccnc3c2)o1. The highest BCUT2D eigenvalue weighted by Gasteiger charge is 2.13. The first-order chi connectivity index (χ1) is 10.0. The minimum atomic E-state index is 0.00712. The first kappa shape index (κ1) is 13.6. The second-order valence-electron chi connectivity index (χ2n) is 5.86. The third-order valence-corrected chi connectivity index (χ3v) is 2.95. The van der Waals surface area contributed by atoms with E-state index in [1.165, 1.54) is 0 Å². The minimum Gasteiger partial charge on any atom is -0.419 e. The molecule has 1 aromatic carbocycles. The van der Waals surface area contributed by atoms with Crippen LogP contribution in [0, 0.1) is 0 Å². The Morgan fingerprint density at radius 1 is 1.05 bits per heavy atom. The van der Waals surface area contributed by atoms with Crippen LogP contribution in [0.5, 0.6) is 0 Å². The smallest absolute Gasteiger partial charge is 0.247 e. The number of aromatic nitrogens is 4. The molecular formula is C15H17N5O. The molecule has 108 valence electrons. The van der Waals surface area contributed by atoms with Gasteiger partial charge in [0.15, 0.2) is 0 Å². The fraction of sp³-hybridized carbons (Fsp3) is 0.333. The third-order valence-electron chi connectivity index (χ3n) is 2.95. The van der Waals surface area contributed by atoms with Gasteiger partial charge in [0.1, 0.15) is 0 Å². The number of nitrogens with one attached hydrogen (secondary N) is 1. The van der Waals surface area contributed by atoms with Crippen molar-refractivity contribution < 1.29 is 4.42 Å². The maximum atomic E-state index is 5.68. The van der Waals surface area contributed by atoms with Gasteiger partial charge in [0.25, 0.3) is 0 Å². The van der Waals surface area contributed by atoms with Crippen molar-refractivity contribution in [2.45, 2.75) is 32.9 Å². The van der Waals surface area contributed by atoms with E-state index in [9.17, 15) is 0 Å². The molecule has 2 heterocycles. The quantitative estimate of drug-likeness (QED) is 0.796. The summed E-state index contributed by atoms with van der Waals surface area (Å²) in [6, 6.07) is 5.71. The minimum absolute atomic E-state index is 0.00712. The van der Waals surface area contributed by atoms with Gasteiger partial charge in [-0.15, -0.1) is 10.2 Å². The molecule has 0 atom stereocenters. The highest BCUT2D eigenvalue weighted by atomic mass is 16.4. The molecule has 0 fully saturated rings. The van der Waals surface area contributed by atoms with E-state index in [0.717, 1.165) is 16.6 Å². The predicted octanol–water partition coefficient (Wildman–Crippen LogP) is 2.57. The molecule has 0 spiro atoms. The Bertz CT molecular complexity index is 760. The second-order valence-corrected chi connectivity index (χ2v) is 5.86. The zero-order valence-electron chi connectivity index (χ0n) is 12.3. The third kappa shape index (κ3) is 3.22. The van der Waals surface area contributed by atoms with E-state index in [-0.39, 0.29) is 5.54 Å². The lowest BCUT2D eigenvalue weighted by molar-refractivity contribution is 0.383. The van der Waals surface area contributed by atoms with Crippen LogP contribution in [0.4, 0.5) is 0 Å². The summed E-state index contributed by atoms with van der Waals surface area (Å²) in [5.74, 6) is 1.06. The van der Waals surface area contributed by atoms with E-state index in [4.69, 9.17) is 4.42 Å². The molecule has 0 saturated carbocycles. The molecule has 6 heteroatoms. The van der Waals surface area contributed by atoms with E-state index >= 15 is 0 Å². The van der Waals surface area contributed by atoms with Crippen LogP contribution >= 0.6 is 0 Å². The van der Waals surface area contributed by atoms with E-state index in [1.807, 2.05) is 18.2 Å². The van der Waals surface area contributed by atoms with Crippen LogP contribution in [-0.4, -0.2) is 25.7 Å². The van der Waals surface area contributed by atoms with Gasteiger partial charge in [-0.1, -0.05) is 0 Å².